The first-order valence-corrected chi connectivity index (χ1v) is 15.2. The van der Waals surface area contributed by atoms with Gasteiger partial charge in [-0.15, -0.1) is 0 Å². The van der Waals surface area contributed by atoms with Crippen molar-refractivity contribution in [2.24, 2.45) is 0 Å². The van der Waals surface area contributed by atoms with Crippen LogP contribution >= 0.6 is 23.2 Å². The predicted molar refractivity (Wildman–Crippen MR) is 161 cm³/mol. The molecule has 0 radical (unpaired) electrons. The van der Waals surface area contributed by atoms with Gasteiger partial charge in [0.2, 0.25) is 11.8 Å². The highest BCUT2D eigenvalue weighted by Gasteiger charge is 2.33. The van der Waals surface area contributed by atoms with Crippen molar-refractivity contribution in [3.8, 4) is 0 Å². The standard InChI is InChI=1S/C30H35Cl2N3O4S/c1-6-21(3)33-30(37)23(5)34(18-24-15-16-25(31)17-27(24)32)29(36)19-35(28-14-10-11-20(2)22(28)4)40(38,39)26-12-8-7-9-13-26/h7-17,21,23H,6,18-19H2,1-5H3,(H,33,37)/t21-,23-/m1/s1. The van der Waals surface area contributed by atoms with Crippen molar-refractivity contribution in [2.75, 3.05) is 10.8 Å². The molecule has 214 valence electrons. The van der Waals surface area contributed by atoms with Crippen molar-refractivity contribution in [1.29, 1.82) is 0 Å². The van der Waals surface area contributed by atoms with E-state index in [9.17, 15) is 18.0 Å². The van der Waals surface area contributed by atoms with Crippen LogP contribution in [-0.4, -0.2) is 43.8 Å². The lowest BCUT2D eigenvalue weighted by Gasteiger charge is -2.33. The van der Waals surface area contributed by atoms with Gasteiger partial charge < -0.3 is 10.2 Å². The lowest BCUT2D eigenvalue weighted by Crippen LogP contribution is -2.52. The molecule has 1 N–H and O–H groups in total. The lowest BCUT2D eigenvalue weighted by atomic mass is 10.1. The van der Waals surface area contributed by atoms with Crippen LogP contribution in [0.1, 0.15) is 43.9 Å². The molecule has 3 aromatic carbocycles. The summed E-state index contributed by atoms with van der Waals surface area (Å²) in [6.07, 6.45) is 0.713. The molecule has 0 aliphatic carbocycles. The molecule has 0 unspecified atom stereocenters. The molecule has 0 fully saturated rings. The van der Waals surface area contributed by atoms with E-state index < -0.39 is 28.5 Å². The third kappa shape index (κ3) is 7.36. The van der Waals surface area contributed by atoms with E-state index in [4.69, 9.17) is 23.2 Å². The highest BCUT2D eigenvalue weighted by molar-refractivity contribution is 7.92. The summed E-state index contributed by atoms with van der Waals surface area (Å²) in [7, 11) is -4.14. The number of carbonyl (C=O) groups is 2. The Labute approximate surface area is 247 Å². The van der Waals surface area contributed by atoms with Gasteiger partial charge in [-0.3, -0.25) is 13.9 Å². The minimum Gasteiger partial charge on any atom is -0.352 e. The van der Waals surface area contributed by atoms with Crippen molar-refractivity contribution >= 4 is 50.7 Å². The van der Waals surface area contributed by atoms with Gasteiger partial charge in [0.05, 0.1) is 10.6 Å². The maximum absolute atomic E-state index is 14.1. The first kappa shape index (κ1) is 31.5. The minimum absolute atomic E-state index is 0.0179. The van der Waals surface area contributed by atoms with E-state index in [0.717, 1.165) is 15.4 Å². The molecule has 0 saturated heterocycles. The monoisotopic (exact) mass is 603 g/mol. The zero-order chi connectivity index (χ0) is 29.6. The number of nitrogens with zero attached hydrogens (tertiary/aromatic N) is 2. The molecular weight excluding hydrogens is 569 g/mol. The Balaban J connectivity index is 2.08. The summed E-state index contributed by atoms with van der Waals surface area (Å²) in [6.45, 7) is 8.60. The second kappa shape index (κ2) is 13.5. The molecule has 0 heterocycles. The second-order valence-corrected chi connectivity index (χ2v) is 12.5. The lowest BCUT2D eigenvalue weighted by molar-refractivity contribution is -0.139. The smallest absolute Gasteiger partial charge is 0.264 e. The van der Waals surface area contributed by atoms with Crippen LogP contribution < -0.4 is 9.62 Å². The SMILES string of the molecule is CC[C@@H](C)NC(=O)[C@@H](C)N(Cc1ccc(Cl)cc1Cl)C(=O)CN(c1cccc(C)c1C)S(=O)(=O)c1ccccc1. The molecule has 3 rings (SSSR count). The molecule has 0 spiro atoms. The summed E-state index contributed by atoms with van der Waals surface area (Å²) in [5, 5.41) is 3.68. The average molecular weight is 605 g/mol. The summed E-state index contributed by atoms with van der Waals surface area (Å²) in [4.78, 5) is 28.6. The average Bonchev–Trinajstić information content (AvgIpc) is 2.92. The zero-order valence-electron chi connectivity index (χ0n) is 23.3. The van der Waals surface area contributed by atoms with E-state index in [0.29, 0.717) is 27.7 Å². The summed E-state index contributed by atoms with van der Waals surface area (Å²) < 4.78 is 29.0. The van der Waals surface area contributed by atoms with Crippen LogP contribution in [0, 0.1) is 13.8 Å². The van der Waals surface area contributed by atoms with E-state index in [1.165, 1.54) is 17.0 Å². The highest BCUT2D eigenvalue weighted by Crippen LogP contribution is 2.29. The van der Waals surface area contributed by atoms with Crippen LogP contribution in [0.3, 0.4) is 0 Å². The number of hydrogen-bond donors (Lipinski definition) is 1. The molecule has 2 atom stereocenters. The van der Waals surface area contributed by atoms with Crippen LogP contribution in [0.25, 0.3) is 0 Å². The minimum atomic E-state index is -4.14. The number of hydrogen-bond acceptors (Lipinski definition) is 4. The van der Waals surface area contributed by atoms with Gasteiger partial charge in [0.1, 0.15) is 12.6 Å². The van der Waals surface area contributed by atoms with Gasteiger partial charge in [-0.2, -0.15) is 0 Å². The summed E-state index contributed by atoms with van der Waals surface area (Å²) in [5.41, 5.74) is 2.57. The predicted octanol–water partition coefficient (Wildman–Crippen LogP) is 6.14. The van der Waals surface area contributed by atoms with Crippen LogP contribution in [0.15, 0.2) is 71.6 Å². The van der Waals surface area contributed by atoms with E-state index in [-0.39, 0.29) is 23.4 Å². The molecule has 0 aliphatic heterocycles. The number of rotatable bonds is 11. The van der Waals surface area contributed by atoms with Crippen molar-refractivity contribution in [3.63, 3.8) is 0 Å². The number of nitrogens with one attached hydrogen (secondary N) is 1. The molecule has 40 heavy (non-hydrogen) atoms. The molecule has 10 heteroatoms. The Morgan fingerprint density at radius 2 is 1.62 bits per heavy atom. The van der Waals surface area contributed by atoms with Gasteiger partial charge in [0.25, 0.3) is 10.0 Å². The second-order valence-electron chi connectivity index (χ2n) is 9.79. The van der Waals surface area contributed by atoms with E-state index in [1.807, 2.05) is 33.8 Å². The fourth-order valence-electron chi connectivity index (χ4n) is 4.12. The molecular formula is C30H35Cl2N3O4S. The van der Waals surface area contributed by atoms with Crippen molar-refractivity contribution in [1.82, 2.24) is 10.2 Å². The molecule has 0 saturated carbocycles. The maximum atomic E-state index is 14.1. The van der Waals surface area contributed by atoms with Crippen molar-refractivity contribution in [3.05, 3.63) is 93.5 Å². The van der Waals surface area contributed by atoms with Crippen LogP contribution in [-0.2, 0) is 26.2 Å². The number of anilines is 1. The first-order valence-electron chi connectivity index (χ1n) is 13.0. The molecule has 3 aromatic rings. The summed E-state index contributed by atoms with van der Waals surface area (Å²) >= 11 is 12.5. The molecule has 7 nitrogen and oxygen atoms in total. The molecule has 0 bridgehead atoms. The van der Waals surface area contributed by atoms with Crippen LogP contribution in [0.5, 0.6) is 0 Å². The summed E-state index contributed by atoms with van der Waals surface area (Å²) in [5.74, 6) is -0.907. The zero-order valence-corrected chi connectivity index (χ0v) is 25.6. The van der Waals surface area contributed by atoms with Gasteiger partial charge in [-0.25, -0.2) is 8.42 Å². The number of sulfonamides is 1. The normalized spacial score (nSPS) is 12.9. The quantitative estimate of drug-likeness (QED) is 0.285. The van der Waals surface area contributed by atoms with E-state index in [1.54, 1.807) is 55.5 Å². The molecule has 0 aliphatic rings. The third-order valence-electron chi connectivity index (χ3n) is 6.98. The molecule has 2 amide bonds. The first-order chi connectivity index (χ1) is 18.9. The number of carbonyl (C=O) groups excluding carboxylic acids is 2. The van der Waals surface area contributed by atoms with Gasteiger partial charge in [-0.1, -0.05) is 66.5 Å². The Morgan fingerprint density at radius 1 is 0.950 bits per heavy atom. The highest BCUT2D eigenvalue weighted by atomic mass is 35.5. The molecule has 0 aromatic heterocycles. The van der Waals surface area contributed by atoms with Crippen LogP contribution in [0.2, 0.25) is 10.0 Å². The number of benzene rings is 3. The Kier molecular flexibility index (Phi) is 10.6. The van der Waals surface area contributed by atoms with Crippen molar-refractivity contribution in [2.45, 2.75) is 64.6 Å². The number of halogens is 2. The van der Waals surface area contributed by atoms with Gasteiger partial charge >= 0.3 is 0 Å². The Bertz CT molecular complexity index is 1470. The van der Waals surface area contributed by atoms with Gasteiger partial charge in [0.15, 0.2) is 0 Å². The largest absolute Gasteiger partial charge is 0.352 e. The van der Waals surface area contributed by atoms with Crippen molar-refractivity contribution < 1.29 is 18.0 Å². The maximum Gasteiger partial charge on any atom is 0.264 e. The Morgan fingerprint density at radius 3 is 2.25 bits per heavy atom. The van der Waals surface area contributed by atoms with E-state index >= 15 is 0 Å². The Hall–Kier alpha value is -3.07. The van der Waals surface area contributed by atoms with Gasteiger partial charge in [-0.05, 0) is 81.1 Å². The van der Waals surface area contributed by atoms with E-state index in [2.05, 4.69) is 5.32 Å². The fraction of sp³-hybridized carbons (Fsp3) is 0.333. The summed E-state index contributed by atoms with van der Waals surface area (Å²) in [6, 6.07) is 17.2. The third-order valence-corrected chi connectivity index (χ3v) is 9.34. The fourth-order valence-corrected chi connectivity index (χ4v) is 6.08. The topological polar surface area (TPSA) is 86.8 Å². The van der Waals surface area contributed by atoms with Crippen LogP contribution in [0.4, 0.5) is 5.69 Å². The number of aryl methyl sites for hydroxylation is 1. The number of amides is 2. The van der Waals surface area contributed by atoms with Gasteiger partial charge in [0, 0.05) is 22.6 Å².